The smallest absolute Gasteiger partial charge is 0.356 e. The normalized spacial score (nSPS) is 10.4. The fraction of sp³-hybridized carbons (Fsp3) is 0.158. The molecule has 5 heteroatoms. The summed E-state index contributed by atoms with van der Waals surface area (Å²) in [6, 6.07) is 17.5. The Labute approximate surface area is 140 Å². The number of aromatic nitrogens is 2. The molecule has 0 atom stereocenters. The lowest BCUT2D eigenvalue weighted by Gasteiger charge is -2.07. The van der Waals surface area contributed by atoms with Crippen LogP contribution >= 0.6 is 0 Å². The third-order valence-electron chi connectivity index (χ3n) is 3.84. The van der Waals surface area contributed by atoms with Crippen molar-refractivity contribution in [1.29, 1.82) is 0 Å². The van der Waals surface area contributed by atoms with Crippen LogP contribution in [0.2, 0.25) is 0 Å². The van der Waals surface area contributed by atoms with Gasteiger partial charge in [-0.1, -0.05) is 42.5 Å². The van der Waals surface area contributed by atoms with E-state index in [0.29, 0.717) is 12.1 Å². The number of methoxy groups -OCH3 is 2. The third-order valence-corrected chi connectivity index (χ3v) is 3.84. The van der Waals surface area contributed by atoms with E-state index >= 15 is 0 Å². The molecule has 1 heterocycles. The maximum absolute atomic E-state index is 12.1. The molecule has 2 aromatic carbocycles. The van der Waals surface area contributed by atoms with Gasteiger partial charge in [0.2, 0.25) is 0 Å². The van der Waals surface area contributed by atoms with Gasteiger partial charge in [0.1, 0.15) is 11.4 Å². The van der Waals surface area contributed by atoms with Crippen LogP contribution in [0.15, 0.2) is 54.6 Å². The zero-order valence-corrected chi connectivity index (χ0v) is 13.6. The van der Waals surface area contributed by atoms with Crippen LogP contribution in [0.1, 0.15) is 21.6 Å². The number of nitrogens with one attached hydrogen (secondary N) is 1. The first kappa shape index (κ1) is 15.8. The molecule has 0 aliphatic rings. The molecule has 0 fully saturated rings. The van der Waals surface area contributed by atoms with E-state index in [2.05, 4.69) is 10.2 Å². The van der Waals surface area contributed by atoms with Gasteiger partial charge in [-0.3, -0.25) is 5.10 Å². The zero-order valence-electron chi connectivity index (χ0n) is 13.6. The van der Waals surface area contributed by atoms with Gasteiger partial charge in [0.15, 0.2) is 0 Å². The maximum atomic E-state index is 12.1. The van der Waals surface area contributed by atoms with Crippen molar-refractivity contribution in [3.8, 4) is 17.0 Å². The molecule has 1 N–H and O–H groups in total. The van der Waals surface area contributed by atoms with Crippen LogP contribution in [0, 0.1) is 0 Å². The predicted molar refractivity (Wildman–Crippen MR) is 91.2 cm³/mol. The fourth-order valence-electron chi connectivity index (χ4n) is 2.59. The molecule has 0 amide bonds. The lowest BCUT2D eigenvalue weighted by molar-refractivity contribution is 0.0593. The molecular weight excluding hydrogens is 304 g/mol. The van der Waals surface area contributed by atoms with E-state index in [1.807, 2.05) is 54.6 Å². The topological polar surface area (TPSA) is 64.2 Å². The Balaban J connectivity index is 2.02. The Morgan fingerprint density at radius 2 is 1.75 bits per heavy atom. The van der Waals surface area contributed by atoms with Gasteiger partial charge in [-0.25, -0.2) is 4.79 Å². The highest BCUT2D eigenvalue weighted by Gasteiger charge is 2.20. The van der Waals surface area contributed by atoms with Crippen LogP contribution in [-0.4, -0.2) is 30.4 Å². The number of nitrogens with zero attached hydrogens (tertiary/aromatic N) is 1. The summed E-state index contributed by atoms with van der Waals surface area (Å²) in [4.78, 5) is 12.1. The standard InChI is InChI=1S/C19H18N2O3/c1-23-15-10-8-13(9-11-15)12-16-17(14-6-4-3-5-7-14)20-21-18(16)19(22)24-2/h3-11H,12H2,1-2H3,(H,20,21). The van der Waals surface area contributed by atoms with Gasteiger partial charge in [0, 0.05) is 17.5 Å². The third kappa shape index (κ3) is 3.15. The predicted octanol–water partition coefficient (Wildman–Crippen LogP) is 3.46. The molecule has 0 saturated heterocycles. The molecule has 0 saturated carbocycles. The van der Waals surface area contributed by atoms with E-state index < -0.39 is 5.97 Å². The van der Waals surface area contributed by atoms with E-state index in [0.717, 1.165) is 28.1 Å². The molecule has 5 nitrogen and oxygen atoms in total. The molecule has 0 radical (unpaired) electrons. The number of rotatable bonds is 5. The minimum Gasteiger partial charge on any atom is -0.497 e. The molecule has 3 aromatic rings. The van der Waals surface area contributed by atoms with Crippen LogP contribution < -0.4 is 4.74 Å². The highest BCUT2D eigenvalue weighted by molar-refractivity contribution is 5.91. The molecule has 3 rings (SSSR count). The van der Waals surface area contributed by atoms with E-state index in [4.69, 9.17) is 9.47 Å². The van der Waals surface area contributed by atoms with Gasteiger partial charge in [0.05, 0.1) is 19.9 Å². The molecule has 0 bridgehead atoms. The Morgan fingerprint density at radius 3 is 2.38 bits per heavy atom. The number of ether oxygens (including phenoxy) is 2. The van der Waals surface area contributed by atoms with Crippen molar-refractivity contribution in [2.45, 2.75) is 6.42 Å². The van der Waals surface area contributed by atoms with Crippen molar-refractivity contribution in [3.05, 3.63) is 71.4 Å². The lowest BCUT2D eigenvalue weighted by Crippen LogP contribution is -2.06. The molecule has 0 unspecified atom stereocenters. The largest absolute Gasteiger partial charge is 0.497 e. The number of hydrogen-bond donors (Lipinski definition) is 1. The van der Waals surface area contributed by atoms with Crippen LogP contribution in [0.4, 0.5) is 0 Å². The molecule has 0 aliphatic carbocycles. The molecule has 0 aliphatic heterocycles. The summed E-state index contributed by atoms with van der Waals surface area (Å²) < 4.78 is 10.1. The SMILES string of the molecule is COC(=O)c1[nH]nc(-c2ccccc2)c1Cc1ccc(OC)cc1. The second-order valence-corrected chi connectivity index (χ2v) is 5.31. The number of carbonyl (C=O) groups is 1. The van der Waals surface area contributed by atoms with Gasteiger partial charge in [-0.05, 0) is 17.7 Å². The minimum atomic E-state index is -0.423. The van der Waals surface area contributed by atoms with E-state index in [-0.39, 0.29) is 0 Å². The van der Waals surface area contributed by atoms with Crippen LogP contribution in [-0.2, 0) is 11.2 Å². The summed E-state index contributed by atoms with van der Waals surface area (Å²) in [5.41, 5.74) is 3.96. The van der Waals surface area contributed by atoms with Crippen molar-refractivity contribution in [1.82, 2.24) is 10.2 Å². The second kappa shape index (κ2) is 7.00. The lowest BCUT2D eigenvalue weighted by atomic mass is 9.99. The zero-order chi connectivity index (χ0) is 16.9. The summed E-state index contributed by atoms with van der Waals surface area (Å²) >= 11 is 0. The summed E-state index contributed by atoms with van der Waals surface area (Å²) in [7, 11) is 3.00. The highest BCUT2D eigenvalue weighted by Crippen LogP contribution is 2.27. The number of benzene rings is 2. The quantitative estimate of drug-likeness (QED) is 0.731. The van der Waals surface area contributed by atoms with Gasteiger partial charge >= 0.3 is 5.97 Å². The number of H-pyrrole nitrogens is 1. The average Bonchev–Trinajstić information content (AvgIpc) is 3.06. The van der Waals surface area contributed by atoms with Crippen LogP contribution in [0.5, 0.6) is 5.75 Å². The van der Waals surface area contributed by atoms with Crippen LogP contribution in [0.3, 0.4) is 0 Å². The fourth-order valence-corrected chi connectivity index (χ4v) is 2.59. The van der Waals surface area contributed by atoms with E-state index in [1.165, 1.54) is 7.11 Å². The number of aromatic amines is 1. The van der Waals surface area contributed by atoms with Gasteiger partial charge in [-0.15, -0.1) is 0 Å². The van der Waals surface area contributed by atoms with Crippen molar-refractivity contribution < 1.29 is 14.3 Å². The Hall–Kier alpha value is -3.08. The molecule has 0 spiro atoms. The highest BCUT2D eigenvalue weighted by atomic mass is 16.5. The molecule has 1 aromatic heterocycles. The molecular formula is C19H18N2O3. The van der Waals surface area contributed by atoms with E-state index in [1.54, 1.807) is 7.11 Å². The Morgan fingerprint density at radius 1 is 1.04 bits per heavy atom. The number of hydrogen-bond acceptors (Lipinski definition) is 4. The summed E-state index contributed by atoms with van der Waals surface area (Å²) in [6.07, 6.45) is 0.565. The minimum absolute atomic E-state index is 0.382. The van der Waals surface area contributed by atoms with Crippen molar-refractivity contribution in [3.63, 3.8) is 0 Å². The molecule has 122 valence electrons. The average molecular weight is 322 g/mol. The van der Waals surface area contributed by atoms with Gasteiger partial charge in [-0.2, -0.15) is 5.10 Å². The van der Waals surface area contributed by atoms with Crippen LogP contribution in [0.25, 0.3) is 11.3 Å². The monoisotopic (exact) mass is 322 g/mol. The Kier molecular flexibility index (Phi) is 4.61. The maximum Gasteiger partial charge on any atom is 0.356 e. The second-order valence-electron chi connectivity index (χ2n) is 5.31. The van der Waals surface area contributed by atoms with Crippen molar-refractivity contribution in [2.24, 2.45) is 0 Å². The first-order valence-corrected chi connectivity index (χ1v) is 7.57. The summed E-state index contributed by atoms with van der Waals surface area (Å²) in [5, 5.41) is 7.15. The summed E-state index contributed by atoms with van der Waals surface area (Å²) in [6.45, 7) is 0. The number of carbonyl (C=O) groups excluding carboxylic acids is 1. The first-order chi connectivity index (χ1) is 11.7. The van der Waals surface area contributed by atoms with Gasteiger partial charge < -0.3 is 9.47 Å². The number of esters is 1. The van der Waals surface area contributed by atoms with Gasteiger partial charge in [0.25, 0.3) is 0 Å². The van der Waals surface area contributed by atoms with Crippen molar-refractivity contribution in [2.75, 3.05) is 14.2 Å². The first-order valence-electron chi connectivity index (χ1n) is 7.57. The molecule has 24 heavy (non-hydrogen) atoms. The summed E-state index contributed by atoms with van der Waals surface area (Å²) in [5.74, 6) is 0.371. The van der Waals surface area contributed by atoms with E-state index in [9.17, 15) is 4.79 Å². The van der Waals surface area contributed by atoms with Crippen molar-refractivity contribution >= 4 is 5.97 Å². The Bertz CT molecular complexity index is 824.